The lowest BCUT2D eigenvalue weighted by Crippen LogP contribution is -2.78. The van der Waals surface area contributed by atoms with Crippen LogP contribution in [0.3, 0.4) is 0 Å². The van der Waals surface area contributed by atoms with Crippen molar-refractivity contribution >= 4 is 55.4 Å². The molecule has 0 saturated carbocycles. The van der Waals surface area contributed by atoms with Crippen molar-refractivity contribution in [1.82, 2.24) is 0 Å². The number of hydrogen-bond acceptors (Lipinski definition) is 0. The second-order valence-corrected chi connectivity index (χ2v) is 23.4. The third-order valence-electron chi connectivity index (χ3n) is 8.91. The monoisotopic (exact) mass is 592 g/mol. The van der Waals surface area contributed by atoms with Gasteiger partial charge in [0.25, 0.3) is 0 Å². The molecule has 0 atom stereocenters. The Morgan fingerprint density at radius 2 is 0.548 bits per heavy atom. The van der Waals surface area contributed by atoms with Crippen LogP contribution in [0.1, 0.15) is 0 Å². The number of rotatable bonds is 9. The molecule has 0 aliphatic carbocycles. The highest BCUT2D eigenvalue weighted by Crippen LogP contribution is 2.48. The number of benzene rings is 6. The maximum Gasteiger partial charge on any atom is 0.121 e. The lowest BCUT2D eigenvalue weighted by molar-refractivity contribution is 1.51. The van der Waals surface area contributed by atoms with Crippen LogP contribution in [0.25, 0.3) is 0 Å². The van der Waals surface area contributed by atoms with E-state index in [-0.39, 0.29) is 0 Å². The van der Waals surface area contributed by atoms with Gasteiger partial charge in [-0.25, -0.2) is 0 Å². The van der Waals surface area contributed by atoms with Gasteiger partial charge in [0.05, 0.1) is 0 Å². The fourth-order valence-electron chi connectivity index (χ4n) is 6.82. The molecule has 6 aromatic carbocycles. The van der Waals surface area contributed by atoms with Crippen molar-refractivity contribution in [3.05, 3.63) is 182 Å². The zero-order valence-corrected chi connectivity index (χ0v) is 27.2. The minimum absolute atomic E-state index is 0.416. The van der Waals surface area contributed by atoms with E-state index in [4.69, 9.17) is 0 Å². The van der Waals surface area contributed by atoms with Crippen LogP contribution in [0.2, 0.25) is 13.1 Å². The summed E-state index contributed by atoms with van der Waals surface area (Å²) < 4.78 is 0. The van der Waals surface area contributed by atoms with Gasteiger partial charge in [0.1, 0.15) is 16.1 Å². The molecule has 206 valence electrons. The second kappa shape index (κ2) is 12.6. The Hall–Kier alpha value is -3.82. The highest BCUT2D eigenvalue weighted by molar-refractivity contribution is 7.79. The van der Waals surface area contributed by atoms with Crippen molar-refractivity contribution in [2.75, 3.05) is 0 Å². The van der Waals surface area contributed by atoms with Crippen molar-refractivity contribution in [2.45, 2.75) is 18.0 Å². The van der Waals surface area contributed by atoms with E-state index in [1.54, 1.807) is 0 Å². The van der Waals surface area contributed by atoms with E-state index in [9.17, 15) is 0 Å². The summed E-state index contributed by atoms with van der Waals surface area (Å²) in [4.78, 5) is 0.416. The molecule has 0 aliphatic heterocycles. The topological polar surface area (TPSA) is 0 Å². The fourth-order valence-corrected chi connectivity index (χ4v) is 28.5. The largest absolute Gasteiger partial charge is 0.121 e. The first-order valence-electron chi connectivity index (χ1n) is 14.7. The Bertz CT molecular complexity index is 1470. The summed E-state index contributed by atoms with van der Waals surface area (Å²) in [6, 6.07) is 68.8. The standard InChI is InChI=1S/C39H37PSi2/c1-41(35-25-13-5-14-26-35,36-27-15-6-16-28-36)39(40(33-21-9-3-10-22-33)34-23-11-4-12-24-34)42(2,37-29-17-7-18-30-37)38-31-19-8-20-32-38/h3-32,39H,1-2H3. The first-order valence-corrected chi connectivity index (χ1v) is 21.3. The molecule has 0 nitrogen and oxygen atoms in total. The summed E-state index contributed by atoms with van der Waals surface area (Å²) in [7, 11) is -5.70. The van der Waals surface area contributed by atoms with Crippen LogP contribution in [-0.4, -0.2) is 21.1 Å². The Balaban J connectivity index is 1.79. The molecule has 0 unspecified atom stereocenters. The summed E-state index contributed by atoms with van der Waals surface area (Å²) in [5.74, 6) is 0. The molecule has 0 fully saturated rings. The van der Waals surface area contributed by atoms with Crippen molar-refractivity contribution in [1.29, 1.82) is 0 Å². The normalized spacial score (nSPS) is 12.0. The molecule has 6 rings (SSSR count). The Morgan fingerprint density at radius 1 is 0.333 bits per heavy atom. The van der Waals surface area contributed by atoms with E-state index in [1.165, 1.54) is 31.4 Å². The van der Waals surface area contributed by atoms with Gasteiger partial charge in [-0.1, -0.05) is 216 Å². The summed E-state index contributed by atoms with van der Waals surface area (Å²) in [5, 5.41) is 8.94. The number of hydrogen-bond donors (Lipinski definition) is 0. The van der Waals surface area contributed by atoms with Crippen molar-refractivity contribution in [3.63, 3.8) is 0 Å². The van der Waals surface area contributed by atoms with Crippen molar-refractivity contribution < 1.29 is 0 Å². The van der Waals surface area contributed by atoms with E-state index >= 15 is 0 Å². The maximum absolute atomic E-state index is 2.67. The zero-order chi connectivity index (χ0) is 28.8. The highest BCUT2D eigenvalue weighted by atomic mass is 31.1. The summed E-state index contributed by atoms with van der Waals surface area (Å²) >= 11 is 0. The molecule has 0 amide bonds. The second-order valence-electron chi connectivity index (χ2n) is 11.3. The Morgan fingerprint density at radius 3 is 0.786 bits per heavy atom. The average Bonchev–Trinajstić information content (AvgIpc) is 3.09. The third kappa shape index (κ3) is 5.27. The summed E-state index contributed by atoms with van der Waals surface area (Å²) in [6.45, 7) is 5.33. The molecule has 0 heterocycles. The predicted octanol–water partition coefficient (Wildman–Crippen LogP) is 6.35. The van der Waals surface area contributed by atoms with Gasteiger partial charge < -0.3 is 0 Å². The molecule has 0 aromatic heterocycles. The minimum atomic E-state index is -2.47. The van der Waals surface area contributed by atoms with Crippen LogP contribution in [0, 0.1) is 0 Å². The Kier molecular flexibility index (Phi) is 8.49. The lowest BCUT2D eigenvalue weighted by atomic mass is 10.4. The summed E-state index contributed by atoms with van der Waals surface area (Å²) in [6.07, 6.45) is 0. The Labute approximate surface area is 254 Å². The zero-order valence-electron chi connectivity index (χ0n) is 24.3. The summed E-state index contributed by atoms with van der Waals surface area (Å²) in [5.41, 5.74) is 0. The van der Waals surface area contributed by atoms with Crippen LogP contribution >= 0.6 is 7.92 Å². The van der Waals surface area contributed by atoms with Crippen LogP contribution in [0.15, 0.2) is 182 Å². The van der Waals surface area contributed by atoms with E-state index < -0.39 is 24.1 Å². The van der Waals surface area contributed by atoms with Gasteiger partial charge in [0, 0.05) is 0 Å². The fraction of sp³-hybridized carbons (Fsp3) is 0.0769. The minimum Gasteiger partial charge on any atom is -0.0626 e. The smallest absolute Gasteiger partial charge is 0.0626 e. The first-order chi connectivity index (χ1) is 20.6. The maximum atomic E-state index is 2.67. The van der Waals surface area contributed by atoms with Crippen LogP contribution < -0.4 is 31.4 Å². The SMILES string of the molecule is C[Si](c1ccccc1)(c1ccccc1)C(P(c1ccccc1)c1ccccc1)[Si](C)(c1ccccc1)c1ccccc1. The van der Waals surface area contributed by atoms with E-state index in [2.05, 4.69) is 195 Å². The molecule has 0 saturated heterocycles. The molecule has 0 radical (unpaired) electrons. The predicted molar refractivity (Wildman–Crippen MR) is 190 cm³/mol. The van der Waals surface area contributed by atoms with Gasteiger partial charge in [0.2, 0.25) is 0 Å². The van der Waals surface area contributed by atoms with Crippen molar-refractivity contribution in [3.8, 4) is 0 Å². The molecule has 0 N–H and O–H groups in total. The van der Waals surface area contributed by atoms with Gasteiger partial charge in [0.15, 0.2) is 0 Å². The quantitative estimate of drug-likeness (QED) is 0.136. The first kappa shape index (κ1) is 28.3. The molecule has 6 aromatic rings. The van der Waals surface area contributed by atoms with Gasteiger partial charge in [-0.3, -0.25) is 0 Å². The molecular weight excluding hydrogens is 556 g/mol. The van der Waals surface area contributed by atoms with Gasteiger partial charge in [-0.05, 0) is 23.4 Å². The van der Waals surface area contributed by atoms with Crippen LogP contribution in [-0.2, 0) is 0 Å². The van der Waals surface area contributed by atoms with Gasteiger partial charge >= 0.3 is 0 Å². The molecule has 0 aliphatic rings. The van der Waals surface area contributed by atoms with Crippen LogP contribution in [0.5, 0.6) is 0 Å². The third-order valence-corrected chi connectivity index (χ3v) is 27.6. The van der Waals surface area contributed by atoms with Gasteiger partial charge in [-0.2, -0.15) is 0 Å². The average molecular weight is 593 g/mol. The van der Waals surface area contributed by atoms with E-state index in [0.29, 0.717) is 4.91 Å². The van der Waals surface area contributed by atoms with Gasteiger partial charge in [-0.15, -0.1) is 0 Å². The van der Waals surface area contributed by atoms with E-state index in [1.807, 2.05) is 0 Å². The highest BCUT2D eigenvalue weighted by Gasteiger charge is 2.56. The molecular formula is C39H37PSi2. The molecule has 0 spiro atoms. The molecule has 42 heavy (non-hydrogen) atoms. The lowest BCUT2D eigenvalue weighted by Gasteiger charge is -2.51. The molecule has 0 bridgehead atoms. The van der Waals surface area contributed by atoms with Crippen LogP contribution in [0.4, 0.5) is 0 Å². The molecule has 3 heteroatoms. The van der Waals surface area contributed by atoms with Crippen molar-refractivity contribution in [2.24, 2.45) is 0 Å². The van der Waals surface area contributed by atoms with E-state index in [0.717, 1.165) is 0 Å².